The number of rotatable bonds is 9. The van der Waals surface area contributed by atoms with Gasteiger partial charge in [-0.2, -0.15) is 9.49 Å². The van der Waals surface area contributed by atoms with Gasteiger partial charge in [-0.3, -0.25) is 4.90 Å². The summed E-state index contributed by atoms with van der Waals surface area (Å²) in [5.74, 6) is -0.473. The normalized spacial score (nSPS) is 13.1. The Labute approximate surface area is 211 Å². The fourth-order valence-corrected chi connectivity index (χ4v) is 4.83. The molecular formula is C26H32F2N4O3Si. The second-order valence-electron chi connectivity index (χ2n) is 10.1. The van der Waals surface area contributed by atoms with Gasteiger partial charge in [-0.25, -0.2) is 13.9 Å². The summed E-state index contributed by atoms with van der Waals surface area (Å²) >= 11 is 0. The van der Waals surface area contributed by atoms with Crippen LogP contribution >= 0.6 is 0 Å². The number of hydrogen-bond acceptors (Lipinski definition) is 4. The second-order valence-corrected chi connectivity index (χ2v) is 15.7. The van der Waals surface area contributed by atoms with Crippen molar-refractivity contribution in [2.45, 2.75) is 45.4 Å². The number of carbonyl (C=O) groups is 1. The van der Waals surface area contributed by atoms with E-state index in [0.717, 1.165) is 17.3 Å². The molecule has 1 N–H and O–H groups in total. The maximum Gasteiger partial charge on any atom is 0.322 e. The average Bonchev–Trinajstić information content (AvgIpc) is 3.42. The minimum Gasteiger partial charge on any atom is -0.497 e. The largest absolute Gasteiger partial charge is 0.497 e. The zero-order chi connectivity index (χ0) is 25.9. The number of fused-ring (bicyclic) bond motifs is 1. The molecule has 0 fully saturated rings. The van der Waals surface area contributed by atoms with Crippen LogP contribution in [0.5, 0.6) is 5.75 Å². The summed E-state index contributed by atoms with van der Waals surface area (Å²) in [6.07, 6.45) is 2.16. The maximum atomic E-state index is 15.0. The molecule has 0 spiro atoms. The summed E-state index contributed by atoms with van der Waals surface area (Å²) in [6.45, 7) is 8.14. The van der Waals surface area contributed by atoms with Crippen molar-refractivity contribution in [3.05, 3.63) is 65.5 Å². The molecule has 1 aliphatic heterocycles. The van der Waals surface area contributed by atoms with Gasteiger partial charge in [-0.15, -0.1) is 0 Å². The molecule has 1 aliphatic rings. The van der Waals surface area contributed by atoms with E-state index in [-0.39, 0.29) is 19.3 Å². The number of ether oxygens (including phenoxy) is 2. The Morgan fingerprint density at radius 3 is 2.72 bits per heavy atom. The fraction of sp³-hybridized carbons (Fsp3) is 0.385. The third-order valence-corrected chi connectivity index (χ3v) is 7.83. The number of amides is 2. The molecule has 3 aromatic rings. The van der Waals surface area contributed by atoms with E-state index < -0.39 is 19.8 Å². The Kier molecular flexibility index (Phi) is 7.75. The Morgan fingerprint density at radius 1 is 1.17 bits per heavy atom. The summed E-state index contributed by atoms with van der Waals surface area (Å²) in [4.78, 5) is 14.5. The summed E-state index contributed by atoms with van der Waals surface area (Å²) in [5.41, 5.74) is 3.43. The van der Waals surface area contributed by atoms with E-state index >= 15 is 0 Å². The number of aromatic nitrogens is 2. The van der Waals surface area contributed by atoms with Crippen molar-refractivity contribution in [2.75, 3.05) is 25.2 Å². The predicted octanol–water partition coefficient (Wildman–Crippen LogP) is 5.42. The van der Waals surface area contributed by atoms with Crippen LogP contribution in [0.15, 0.2) is 42.6 Å². The zero-order valence-corrected chi connectivity index (χ0v) is 22.1. The molecule has 192 valence electrons. The van der Waals surface area contributed by atoms with Crippen molar-refractivity contribution in [3.8, 4) is 16.9 Å². The lowest BCUT2D eigenvalue weighted by Crippen LogP contribution is -2.38. The lowest BCUT2D eigenvalue weighted by molar-refractivity contribution is 0.0700. The summed E-state index contributed by atoms with van der Waals surface area (Å²) < 4.78 is 40.7. The van der Waals surface area contributed by atoms with Crippen LogP contribution in [-0.2, 0) is 24.4 Å². The van der Waals surface area contributed by atoms with Gasteiger partial charge in [0.2, 0.25) is 5.95 Å². The van der Waals surface area contributed by atoms with E-state index in [4.69, 9.17) is 9.47 Å². The van der Waals surface area contributed by atoms with Crippen molar-refractivity contribution in [3.63, 3.8) is 0 Å². The molecule has 0 unspecified atom stereocenters. The van der Waals surface area contributed by atoms with E-state index in [9.17, 15) is 13.6 Å². The Balaban J connectivity index is 1.40. The van der Waals surface area contributed by atoms with Crippen LogP contribution in [-0.4, -0.2) is 44.1 Å². The number of urea groups is 1. The lowest BCUT2D eigenvalue weighted by Gasteiger charge is -2.18. The number of benzene rings is 2. The van der Waals surface area contributed by atoms with Crippen molar-refractivity contribution in [2.24, 2.45) is 0 Å². The predicted molar refractivity (Wildman–Crippen MR) is 138 cm³/mol. The fourth-order valence-electron chi connectivity index (χ4n) is 4.08. The highest BCUT2D eigenvalue weighted by atomic mass is 28.3. The number of carbonyl (C=O) groups excluding carboxylic acids is 1. The van der Waals surface area contributed by atoms with Gasteiger partial charge in [0.1, 0.15) is 18.3 Å². The van der Waals surface area contributed by atoms with E-state index in [1.807, 2.05) is 12.1 Å². The van der Waals surface area contributed by atoms with Crippen LogP contribution in [0.4, 0.5) is 19.3 Å². The first-order chi connectivity index (χ1) is 17.1. The first kappa shape index (κ1) is 25.8. The summed E-state index contributed by atoms with van der Waals surface area (Å²) in [5, 5.41) is 6.98. The molecule has 4 rings (SSSR count). The topological polar surface area (TPSA) is 68.6 Å². The molecule has 7 nitrogen and oxygen atoms in total. The van der Waals surface area contributed by atoms with Gasteiger partial charge in [0.15, 0.2) is 0 Å². The standard InChI is InChI=1S/C26H32F2N4O3Si/c1-34-22-12-18(11-21(27)14-22)15-29-26(33)31-8-7-20-13-19(5-6-24(20)31)23-16-30-32(25(23)28)17-35-9-10-36(2,3)4/h5-6,11-14,16H,7-10,15,17H2,1-4H3,(H,29,33). The molecule has 2 heterocycles. The molecule has 0 bridgehead atoms. The SMILES string of the molecule is COc1cc(F)cc(CNC(=O)N2CCc3cc(-c4cnn(COCC[Si](C)(C)C)c4F)ccc32)c1. The monoisotopic (exact) mass is 514 g/mol. The van der Waals surface area contributed by atoms with Gasteiger partial charge in [0, 0.05) is 39.5 Å². The van der Waals surface area contributed by atoms with Gasteiger partial charge in [0.25, 0.3) is 0 Å². The molecule has 2 amide bonds. The van der Waals surface area contributed by atoms with Crippen molar-refractivity contribution < 1.29 is 23.0 Å². The third kappa shape index (κ3) is 6.11. The number of halogens is 2. The minimum absolute atomic E-state index is 0.0758. The zero-order valence-electron chi connectivity index (χ0n) is 21.1. The van der Waals surface area contributed by atoms with Gasteiger partial charge in [-0.1, -0.05) is 25.7 Å². The summed E-state index contributed by atoms with van der Waals surface area (Å²) in [7, 11) is 0.255. The number of methoxy groups -OCH3 is 1. The number of nitrogens with one attached hydrogen (secondary N) is 1. The number of nitrogens with zero attached hydrogens (tertiary/aromatic N) is 3. The van der Waals surface area contributed by atoms with Crippen LogP contribution in [0.1, 0.15) is 11.1 Å². The first-order valence-corrected chi connectivity index (χ1v) is 15.7. The van der Waals surface area contributed by atoms with Crippen LogP contribution in [0, 0.1) is 11.8 Å². The molecule has 10 heteroatoms. The molecule has 36 heavy (non-hydrogen) atoms. The molecule has 0 saturated carbocycles. The first-order valence-electron chi connectivity index (χ1n) is 12.0. The van der Waals surface area contributed by atoms with Crippen LogP contribution < -0.4 is 15.0 Å². The molecular weight excluding hydrogens is 482 g/mol. The highest BCUT2D eigenvalue weighted by Gasteiger charge is 2.26. The van der Waals surface area contributed by atoms with Gasteiger partial charge in [-0.05, 0) is 53.4 Å². The van der Waals surface area contributed by atoms with E-state index in [1.165, 1.54) is 30.1 Å². The van der Waals surface area contributed by atoms with Gasteiger partial charge >= 0.3 is 6.03 Å². The Hall–Kier alpha value is -3.24. The number of hydrogen-bond donors (Lipinski definition) is 1. The highest BCUT2D eigenvalue weighted by molar-refractivity contribution is 6.76. The number of anilines is 1. The molecule has 0 radical (unpaired) electrons. The molecule has 1 aromatic heterocycles. The smallest absolute Gasteiger partial charge is 0.322 e. The maximum absolute atomic E-state index is 15.0. The van der Waals surface area contributed by atoms with Crippen molar-refractivity contribution in [1.82, 2.24) is 15.1 Å². The Morgan fingerprint density at radius 2 is 1.97 bits per heavy atom. The van der Waals surface area contributed by atoms with Crippen LogP contribution in [0.2, 0.25) is 25.7 Å². The van der Waals surface area contributed by atoms with Crippen LogP contribution in [0.3, 0.4) is 0 Å². The molecule has 0 atom stereocenters. The highest BCUT2D eigenvalue weighted by Crippen LogP contribution is 2.33. The van der Waals surface area contributed by atoms with Crippen molar-refractivity contribution in [1.29, 1.82) is 0 Å². The second kappa shape index (κ2) is 10.8. The average molecular weight is 515 g/mol. The quantitative estimate of drug-likeness (QED) is 0.306. The Bertz CT molecular complexity index is 1240. The van der Waals surface area contributed by atoms with Gasteiger partial charge < -0.3 is 14.8 Å². The van der Waals surface area contributed by atoms with Crippen molar-refractivity contribution >= 4 is 19.8 Å². The third-order valence-electron chi connectivity index (χ3n) is 6.13. The van der Waals surface area contributed by atoms with Crippen LogP contribution in [0.25, 0.3) is 11.1 Å². The minimum atomic E-state index is -1.21. The molecule has 2 aromatic carbocycles. The van der Waals surface area contributed by atoms with E-state index in [2.05, 4.69) is 30.1 Å². The lowest BCUT2D eigenvalue weighted by atomic mass is 10.0. The van der Waals surface area contributed by atoms with E-state index in [0.29, 0.717) is 42.0 Å². The molecule has 0 aliphatic carbocycles. The molecule has 0 saturated heterocycles. The van der Waals surface area contributed by atoms with Gasteiger partial charge in [0.05, 0.1) is 18.9 Å². The summed E-state index contributed by atoms with van der Waals surface area (Å²) in [6, 6.07) is 10.6. The van der Waals surface area contributed by atoms with E-state index in [1.54, 1.807) is 17.0 Å².